The second kappa shape index (κ2) is 8.73. The summed E-state index contributed by atoms with van der Waals surface area (Å²) in [5, 5.41) is 0.697. The summed E-state index contributed by atoms with van der Waals surface area (Å²) in [6.45, 7) is 12.4. The topological polar surface area (TPSA) is 18.5 Å². The van der Waals surface area contributed by atoms with Crippen LogP contribution in [0.4, 0.5) is 13.2 Å². The van der Waals surface area contributed by atoms with Gasteiger partial charge >= 0.3 is 14.7 Å². The number of halogens is 3. The Morgan fingerprint density at radius 3 is 1.62 bits per heavy atom. The summed E-state index contributed by atoms with van der Waals surface area (Å²) in [5.74, 6) is 0. The Labute approximate surface area is 174 Å². The summed E-state index contributed by atoms with van der Waals surface area (Å²) < 4.78 is 52.5. The predicted molar refractivity (Wildman–Crippen MR) is 121 cm³/mol. The Morgan fingerprint density at radius 1 is 0.724 bits per heavy atom. The van der Waals surface area contributed by atoms with Crippen LogP contribution in [0.15, 0.2) is 60.3 Å². The van der Waals surface area contributed by atoms with Gasteiger partial charge in [0.25, 0.3) is 0 Å². The van der Waals surface area contributed by atoms with E-state index < -0.39 is 36.9 Å². The lowest BCUT2D eigenvalue weighted by Crippen LogP contribution is -2.61. The fraction of sp³-hybridized carbons (Fsp3) is 0.333. The third kappa shape index (κ3) is 7.38. The Hall–Kier alpha value is -1.46. The average Bonchev–Trinajstić information content (AvgIpc) is 2.57. The van der Waals surface area contributed by atoms with Crippen molar-refractivity contribution >= 4 is 36.5 Å². The zero-order chi connectivity index (χ0) is 21.9. The van der Waals surface area contributed by atoms with E-state index in [1.165, 1.54) is 12.1 Å². The fourth-order valence-corrected chi connectivity index (χ4v) is 13.4. The van der Waals surface area contributed by atoms with Crippen LogP contribution in [0.3, 0.4) is 0 Å². The summed E-state index contributed by atoms with van der Waals surface area (Å²) in [4.78, 5) is 0. The van der Waals surface area contributed by atoms with Gasteiger partial charge in [-0.05, 0) is 67.9 Å². The van der Waals surface area contributed by atoms with Crippen molar-refractivity contribution in [1.29, 1.82) is 0 Å². The van der Waals surface area contributed by atoms with Gasteiger partial charge in [0, 0.05) is 0 Å². The molecule has 0 radical (unpaired) electrons. The minimum atomic E-state index is -4.37. The van der Waals surface area contributed by atoms with Gasteiger partial charge in [-0.2, -0.15) is 13.2 Å². The first-order valence-corrected chi connectivity index (χ1v) is 18.2. The van der Waals surface area contributed by atoms with E-state index in [9.17, 15) is 13.2 Å². The van der Waals surface area contributed by atoms with Crippen LogP contribution in [-0.2, 0) is 14.4 Å². The van der Waals surface area contributed by atoms with Crippen molar-refractivity contribution in [3.63, 3.8) is 0 Å². The fourth-order valence-electron chi connectivity index (χ4n) is 2.87. The third-order valence-electron chi connectivity index (χ3n) is 3.82. The van der Waals surface area contributed by atoms with Crippen LogP contribution in [0.2, 0.25) is 39.3 Å². The van der Waals surface area contributed by atoms with E-state index >= 15 is 0 Å². The minimum absolute atomic E-state index is 0.669. The van der Waals surface area contributed by atoms with Gasteiger partial charge in [-0.1, -0.05) is 48.5 Å². The first kappa shape index (κ1) is 23.8. The van der Waals surface area contributed by atoms with Crippen LogP contribution in [0.25, 0.3) is 6.08 Å². The molecule has 158 valence electrons. The van der Waals surface area contributed by atoms with E-state index in [0.29, 0.717) is 5.19 Å². The monoisotopic (exact) mass is 454 g/mol. The number of rotatable bonds is 7. The first-order valence-electron chi connectivity index (χ1n) is 9.53. The number of hydrogen-bond acceptors (Lipinski definition) is 2. The van der Waals surface area contributed by atoms with Gasteiger partial charge in [0.2, 0.25) is 0 Å². The molecule has 0 aliphatic rings. The van der Waals surface area contributed by atoms with Crippen LogP contribution in [-0.4, -0.2) is 25.2 Å². The van der Waals surface area contributed by atoms with Gasteiger partial charge in [-0.15, -0.1) is 0 Å². The molecule has 0 aromatic heterocycles. The number of alkyl halides is 3. The molecular weight excluding hydrogens is 425 g/mol. The summed E-state index contributed by atoms with van der Waals surface area (Å²) in [6, 6.07) is 15.1. The van der Waals surface area contributed by atoms with Crippen LogP contribution < -0.4 is 5.19 Å². The molecule has 0 aliphatic carbocycles. The standard InChI is InChI=1S/C21H29F3O2Si3/c1-27(2,3)25-29(26-28(4,5)6,17-16-18-10-8-7-9-11-18)20-14-12-19(13-15-20)21(22,23)24/h7-17H,1-6H3/b17-16+. The predicted octanol–water partition coefficient (Wildman–Crippen LogP) is 6.31. The molecule has 0 atom stereocenters. The Balaban J connectivity index is 2.61. The second-order valence-corrected chi connectivity index (χ2v) is 21.2. The molecule has 0 aliphatic heterocycles. The summed E-state index contributed by atoms with van der Waals surface area (Å²) in [6.07, 6.45) is -2.41. The Morgan fingerprint density at radius 2 is 1.21 bits per heavy atom. The van der Waals surface area contributed by atoms with E-state index in [4.69, 9.17) is 8.23 Å². The van der Waals surface area contributed by atoms with Crippen molar-refractivity contribution < 1.29 is 21.4 Å². The van der Waals surface area contributed by atoms with Gasteiger partial charge < -0.3 is 8.23 Å². The zero-order valence-electron chi connectivity index (χ0n) is 17.8. The molecule has 8 heteroatoms. The summed E-state index contributed by atoms with van der Waals surface area (Å²) >= 11 is 0. The smallest absolute Gasteiger partial charge is 0.416 e. The molecule has 2 aromatic carbocycles. The maximum atomic E-state index is 13.1. The lowest BCUT2D eigenvalue weighted by molar-refractivity contribution is -0.137. The quantitative estimate of drug-likeness (QED) is 0.456. The first-order chi connectivity index (χ1) is 13.2. The molecule has 0 spiro atoms. The van der Waals surface area contributed by atoms with Gasteiger partial charge in [0.05, 0.1) is 5.56 Å². The molecule has 2 aromatic rings. The molecule has 0 amide bonds. The highest BCUT2D eigenvalue weighted by molar-refractivity contribution is 6.97. The molecule has 0 saturated heterocycles. The van der Waals surface area contributed by atoms with Crippen molar-refractivity contribution in [3.8, 4) is 0 Å². The van der Waals surface area contributed by atoms with E-state index in [2.05, 4.69) is 39.3 Å². The van der Waals surface area contributed by atoms with Crippen molar-refractivity contribution in [2.45, 2.75) is 45.5 Å². The maximum Gasteiger partial charge on any atom is 0.416 e. The van der Waals surface area contributed by atoms with E-state index in [1.807, 2.05) is 42.1 Å². The van der Waals surface area contributed by atoms with Gasteiger partial charge in [0.15, 0.2) is 16.6 Å². The van der Waals surface area contributed by atoms with E-state index in [-0.39, 0.29) is 0 Å². The summed E-state index contributed by atoms with van der Waals surface area (Å²) in [7, 11) is -7.29. The van der Waals surface area contributed by atoms with Gasteiger partial charge in [0.1, 0.15) is 0 Å². The van der Waals surface area contributed by atoms with Crippen LogP contribution in [0.1, 0.15) is 11.1 Å². The Kier molecular flexibility index (Phi) is 7.17. The molecule has 0 heterocycles. The molecule has 29 heavy (non-hydrogen) atoms. The highest BCUT2D eigenvalue weighted by atomic mass is 28.5. The maximum absolute atomic E-state index is 13.1. The minimum Gasteiger partial charge on any atom is -0.430 e. The van der Waals surface area contributed by atoms with Crippen molar-refractivity contribution in [2.24, 2.45) is 0 Å². The lowest BCUT2D eigenvalue weighted by atomic mass is 10.2. The van der Waals surface area contributed by atoms with Crippen molar-refractivity contribution in [1.82, 2.24) is 0 Å². The van der Waals surface area contributed by atoms with E-state index in [1.54, 1.807) is 0 Å². The van der Waals surface area contributed by atoms with Gasteiger partial charge in [-0.25, -0.2) is 0 Å². The molecule has 0 saturated carbocycles. The van der Waals surface area contributed by atoms with E-state index in [0.717, 1.165) is 17.7 Å². The molecule has 0 unspecified atom stereocenters. The molecule has 0 fully saturated rings. The highest BCUT2D eigenvalue weighted by Gasteiger charge is 2.45. The molecular formula is C21H29F3O2Si3. The van der Waals surface area contributed by atoms with Crippen LogP contribution >= 0.6 is 0 Å². The average molecular weight is 455 g/mol. The largest absolute Gasteiger partial charge is 0.430 e. The Bertz CT molecular complexity index is 805. The number of benzene rings is 2. The summed E-state index contributed by atoms with van der Waals surface area (Å²) in [5.41, 5.74) is 2.30. The third-order valence-corrected chi connectivity index (χ3v) is 12.9. The van der Waals surface area contributed by atoms with Crippen molar-refractivity contribution in [3.05, 3.63) is 71.4 Å². The normalized spacial score (nSPS) is 13.8. The molecule has 2 rings (SSSR count). The lowest BCUT2D eigenvalue weighted by Gasteiger charge is -2.39. The van der Waals surface area contributed by atoms with Crippen molar-refractivity contribution in [2.75, 3.05) is 0 Å². The molecule has 2 nitrogen and oxygen atoms in total. The second-order valence-electron chi connectivity index (χ2n) is 8.92. The molecule has 0 N–H and O–H groups in total. The zero-order valence-corrected chi connectivity index (χ0v) is 20.8. The SMILES string of the molecule is C[Si](C)(C)O[Si](/C=C/c1ccccc1)(O[Si](C)(C)C)c1ccc(C(F)(F)F)cc1. The molecule has 0 bridgehead atoms. The van der Waals surface area contributed by atoms with Gasteiger partial charge in [-0.3, -0.25) is 0 Å². The highest BCUT2D eigenvalue weighted by Crippen LogP contribution is 2.29. The van der Waals surface area contributed by atoms with Crippen LogP contribution in [0.5, 0.6) is 0 Å². The van der Waals surface area contributed by atoms with Crippen LogP contribution in [0, 0.1) is 0 Å². The number of hydrogen-bond donors (Lipinski definition) is 0.